The summed E-state index contributed by atoms with van der Waals surface area (Å²) in [6, 6.07) is 0. The summed E-state index contributed by atoms with van der Waals surface area (Å²) >= 11 is 2.05. The summed E-state index contributed by atoms with van der Waals surface area (Å²) in [6.07, 6.45) is 1.07. The average Bonchev–Trinajstić information content (AvgIpc) is 2.00. The van der Waals surface area contributed by atoms with Gasteiger partial charge in [0, 0.05) is 0 Å². The van der Waals surface area contributed by atoms with Gasteiger partial charge in [-0.1, -0.05) is 13.8 Å². The maximum absolute atomic E-state index is 10.7. The number of ether oxygens (including phenoxy) is 2. The van der Waals surface area contributed by atoms with E-state index < -0.39 is 6.16 Å². The fourth-order valence-corrected chi connectivity index (χ4v) is 0.615. The number of carbonyl (C=O) groups is 1. The molecule has 66 valence electrons. The highest BCUT2D eigenvalue weighted by Gasteiger charge is 2.08. The lowest BCUT2D eigenvalue weighted by molar-refractivity contribution is 0.0508. The highest BCUT2D eigenvalue weighted by Crippen LogP contribution is 2.07. The predicted octanol–water partition coefficient (Wildman–Crippen LogP) is 2.72. The van der Waals surface area contributed by atoms with Crippen molar-refractivity contribution in [1.29, 1.82) is 0 Å². The van der Waals surface area contributed by atoms with Gasteiger partial charge in [-0.2, -0.15) is 0 Å². The normalized spacial score (nSPS) is 12.3. The zero-order valence-corrected chi connectivity index (χ0v) is 8.96. The van der Waals surface area contributed by atoms with Crippen molar-refractivity contribution in [1.82, 2.24) is 0 Å². The molecule has 11 heavy (non-hydrogen) atoms. The summed E-state index contributed by atoms with van der Waals surface area (Å²) in [6.45, 7) is 4.32. The highest BCUT2D eigenvalue weighted by molar-refractivity contribution is 14.1. The lowest BCUT2D eigenvalue weighted by Crippen LogP contribution is -2.13. The second-order valence-electron chi connectivity index (χ2n) is 2.03. The zero-order valence-electron chi connectivity index (χ0n) is 6.80. The molecule has 0 heterocycles. The van der Waals surface area contributed by atoms with E-state index in [9.17, 15) is 4.79 Å². The van der Waals surface area contributed by atoms with Crippen LogP contribution in [0.1, 0.15) is 26.7 Å². The minimum absolute atomic E-state index is 0.0723. The maximum Gasteiger partial charge on any atom is 0.509 e. The summed E-state index contributed by atoms with van der Waals surface area (Å²) in [5, 5.41) is 0. The first-order chi connectivity index (χ1) is 5.20. The third-order valence-electron chi connectivity index (χ3n) is 0.969. The quantitative estimate of drug-likeness (QED) is 0.448. The van der Waals surface area contributed by atoms with Gasteiger partial charge in [0.1, 0.15) is 0 Å². The van der Waals surface area contributed by atoms with Crippen LogP contribution in [-0.4, -0.2) is 16.9 Å². The van der Waals surface area contributed by atoms with Crippen molar-refractivity contribution in [2.45, 2.75) is 30.8 Å². The first-order valence-corrected chi connectivity index (χ1v) is 4.92. The van der Waals surface area contributed by atoms with E-state index in [1.807, 2.05) is 36.4 Å². The Morgan fingerprint density at radius 1 is 1.55 bits per heavy atom. The average molecular weight is 272 g/mol. The fraction of sp³-hybridized carbons (Fsp3) is 0.857. The Bertz CT molecular complexity index is 116. The Morgan fingerprint density at radius 3 is 2.64 bits per heavy atom. The number of rotatable bonds is 4. The highest BCUT2D eigenvalue weighted by atomic mass is 127. The number of hydrogen-bond donors (Lipinski definition) is 0. The van der Waals surface area contributed by atoms with Crippen LogP contribution >= 0.6 is 22.6 Å². The second kappa shape index (κ2) is 6.69. The third kappa shape index (κ3) is 6.40. The van der Waals surface area contributed by atoms with Gasteiger partial charge in [-0.3, -0.25) is 0 Å². The molecule has 0 aromatic rings. The lowest BCUT2D eigenvalue weighted by Gasteiger charge is -2.08. The predicted molar refractivity (Wildman–Crippen MR) is 50.8 cm³/mol. The smallest absolute Gasteiger partial charge is 0.434 e. The Kier molecular flexibility index (Phi) is 6.69. The maximum atomic E-state index is 10.7. The molecule has 0 aliphatic heterocycles. The molecule has 1 atom stereocenters. The van der Waals surface area contributed by atoms with Crippen molar-refractivity contribution in [2.75, 3.05) is 6.61 Å². The van der Waals surface area contributed by atoms with Gasteiger partial charge in [0.15, 0.2) is 4.11 Å². The van der Waals surface area contributed by atoms with Gasteiger partial charge in [-0.15, -0.1) is 0 Å². The molecule has 0 saturated carbocycles. The van der Waals surface area contributed by atoms with Crippen LogP contribution in [0.3, 0.4) is 0 Å². The molecule has 0 amide bonds. The van der Waals surface area contributed by atoms with Crippen LogP contribution in [-0.2, 0) is 9.47 Å². The number of hydrogen-bond acceptors (Lipinski definition) is 3. The summed E-state index contributed by atoms with van der Waals surface area (Å²) in [5.74, 6) is 0. The summed E-state index contributed by atoms with van der Waals surface area (Å²) < 4.78 is 9.45. The topological polar surface area (TPSA) is 35.5 Å². The van der Waals surface area contributed by atoms with Gasteiger partial charge >= 0.3 is 6.16 Å². The van der Waals surface area contributed by atoms with Crippen molar-refractivity contribution in [3.8, 4) is 0 Å². The Labute approximate surface area is 80.6 Å². The van der Waals surface area contributed by atoms with Crippen LogP contribution in [0.15, 0.2) is 0 Å². The zero-order chi connectivity index (χ0) is 8.69. The number of alkyl halides is 1. The van der Waals surface area contributed by atoms with E-state index >= 15 is 0 Å². The molecule has 0 bridgehead atoms. The Balaban J connectivity index is 3.36. The van der Waals surface area contributed by atoms with E-state index in [-0.39, 0.29) is 4.11 Å². The molecule has 1 unspecified atom stereocenters. The lowest BCUT2D eigenvalue weighted by atomic mass is 10.5. The summed E-state index contributed by atoms with van der Waals surface area (Å²) in [7, 11) is 0. The third-order valence-corrected chi connectivity index (χ3v) is 2.10. The largest absolute Gasteiger partial charge is 0.509 e. The molecule has 3 nitrogen and oxygen atoms in total. The van der Waals surface area contributed by atoms with E-state index in [4.69, 9.17) is 9.47 Å². The van der Waals surface area contributed by atoms with E-state index in [1.54, 1.807) is 0 Å². The Morgan fingerprint density at radius 2 is 2.18 bits per heavy atom. The van der Waals surface area contributed by atoms with Crippen molar-refractivity contribution >= 4 is 28.7 Å². The monoisotopic (exact) mass is 272 g/mol. The molecule has 0 aromatic heterocycles. The van der Waals surface area contributed by atoms with Crippen LogP contribution < -0.4 is 0 Å². The Hall–Kier alpha value is 0. The van der Waals surface area contributed by atoms with E-state index in [1.165, 1.54) is 0 Å². The van der Waals surface area contributed by atoms with E-state index in [2.05, 4.69) is 0 Å². The molecule has 0 N–H and O–H groups in total. The van der Waals surface area contributed by atoms with Crippen molar-refractivity contribution in [3.05, 3.63) is 0 Å². The molecular weight excluding hydrogens is 259 g/mol. The molecule has 0 saturated heterocycles. The van der Waals surface area contributed by atoms with Crippen LogP contribution in [0.2, 0.25) is 0 Å². The van der Waals surface area contributed by atoms with Crippen molar-refractivity contribution < 1.29 is 14.3 Å². The minimum Gasteiger partial charge on any atom is -0.434 e. The van der Waals surface area contributed by atoms with Gasteiger partial charge in [-0.25, -0.2) is 4.79 Å². The SMILES string of the molecule is CCCOC(=O)OC(I)CC. The molecule has 0 spiro atoms. The van der Waals surface area contributed by atoms with Gasteiger partial charge in [0.2, 0.25) is 0 Å². The summed E-state index contributed by atoms with van der Waals surface area (Å²) in [5.41, 5.74) is 0. The fourth-order valence-electron chi connectivity index (χ4n) is 0.407. The van der Waals surface area contributed by atoms with Crippen LogP contribution in [0.4, 0.5) is 4.79 Å². The molecule has 0 fully saturated rings. The number of halogens is 1. The van der Waals surface area contributed by atoms with E-state index in [0.29, 0.717) is 6.61 Å². The molecule has 0 aliphatic carbocycles. The first-order valence-electron chi connectivity index (χ1n) is 3.68. The molecule has 0 rings (SSSR count). The molecular formula is C7H13IO3. The molecule has 0 aromatic carbocycles. The van der Waals surface area contributed by atoms with Crippen molar-refractivity contribution in [3.63, 3.8) is 0 Å². The van der Waals surface area contributed by atoms with Gasteiger partial charge < -0.3 is 9.47 Å². The molecule has 0 aliphatic rings. The van der Waals surface area contributed by atoms with Crippen LogP contribution in [0.25, 0.3) is 0 Å². The van der Waals surface area contributed by atoms with Gasteiger partial charge in [-0.05, 0) is 35.4 Å². The van der Waals surface area contributed by atoms with Crippen molar-refractivity contribution in [2.24, 2.45) is 0 Å². The number of carbonyl (C=O) groups excluding carboxylic acids is 1. The van der Waals surface area contributed by atoms with Crippen LogP contribution in [0, 0.1) is 0 Å². The van der Waals surface area contributed by atoms with E-state index in [0.717, 1.165) is 12.8 Å². The van der Waals surface area contributed by atoms with Crippen LogP contribution in [0.5, 0.6) is 0 Å². The summed E-state index contributed by atoms with van der Waals surface area (Å²) in [4.78, 5) is 10.7. The standard InChI is InChI=1S/C7H13IO3/c1-3-5-10-7(9)11-6(8)4-2/h6H,3-5H2,1-2H3. The minimum atomic E-state index is -0.562. The second-order valence-corrected chi connectivity index (χ2v) is 3.42. The first kappa shape index (κ1) is 11.0. The molecule has 0 radical (unpaired) electrons. The van der Waals surface area contributed by atoms with Gasteiger partial charge in [0.25, 0.3) is 0 Å². The molecule has 4 heteroatoms. The van der Waals surface area contributed by atoms with Gasteiger partial charge in [0.05, 0.1) is 6.61 Å².